The highest BCUT2D eigenvalue weighted by molar-refractivity contribution is 6.35. The molecule has 0 aromatic rings. The van der Waals surface area contributed by atoms with Crippen molar-refractivity contribution in [1.29, 1.82) is 0 Å². The van der Waals surface area contributed by atoms with Crippen LogP contribution in [0.5, 0.6) is 0 Å². The smallest absolute Gasteiger partial charge is 0.323 e. The molecule has 0 spiro atoms. The number of likely N-dealkylation sites (N-methyl/N-ethyl adjacent to an activating group) is 1. The molecule has 1 heterocycles. The molecule has 1 saturated carbocycles. The summed E-state index contributed by atoms with van der Waals surface area (Å²) in [5.74, 6) is -0.570. The number of hydrogen-bond acceptors (Lipinski definition) is 4. The first-order valence-corrected chi connectivity index (χ1v) is 7.61. The van der Waals surface area contributed by atoms with Crippen LogP contribution in [0.25, 0.3) is 0 Å². The molecule has 1 aliphatic heterocycles. The highest BCUT2D eigenvalue weighted by Gasteiger charge is 2.26. The summed E-state index contributed by atoms with van der Waals surface area (Å²) >= 11 is 0. The fraction of sp³-hybridized carbons (Fsp3) is 0.857. The van der Waals surface area contributed by atoms with E-state index in [2.05, 4.69) is 29.6 Å². The summed E-state index contributed by atoms with van der Waals surface area (Å²) in [4.78, 5) is 26.0. The molecule has 6 nitrogen and oxygen atoms in total. The molecular formula is C14H26N4O2. The van der Waals surface area contributed by atoms with Gasteiger partial charge in [-0.2, -0.15) is 0 Å². The van der Waals surface area contributed by atoms with E-state index in [0.29, 0.717) is 5.92 Å². The zero-order chi connectivity index (χ0) is 14.5. The summed E-state index contributed by atoms with van der Waals surface area (Å²) in [7, 11) is 2.05. The van der Waals surface area contributed by atoms with Crippen LogP contribution in [0.1, 0.15) is 32.6 Å². The average molecular weight is 282 g/mol. The van der Waals surface area contributed by atoms with Crippen LogP contribution in [0, 0.1) is 5.92 Å². The quantitative estimate of drug-likeness (QED) is 0.698. The highest BCUT2D eigenvalue weighted by Crippen LogP contribution is 2.23. The maximum Gasteiger partial charge on any atom is 0.323 e. The number of carbonyl (C=O) groups is 2. The van der Waals surface area contributed by atoms with Crippen molar-refractivity contribution in [2.24, 2.45) is 5.92 Å². The van der Waals surface area contributed by atoms with E-state index in [0.717, 1.165) is 45.4 Å². The Kier molecular flexibility index (Phi) is 5.37. The largest absolute Gasteiger partial charge is 0.345 e. The summed E-state index contributed by atoms with van der Waals surface area (Å²) < 4.78 is 0. The molecule has 1 saturated heterocycles. The predicted molar refractivity (Wildman–Crippen MR) is 76.8 cm³/mol. The van der Waals surface area contributed by atoms with Crippen LogP contribution in [0.15, 0.2) is 0 Å². The molecule has 1 aliphatic carbocycles. The second kappa shape index (κ2) is 7.04. The average Bonchev–Trinajstić information content (AvgIpc) is 2.44. The molecular weight excluding hydrogens is 256 g/mol. The van der Waals surface area contributed by atoms with Crippen molar-refractivity contribution in [2.75, 3.05) is 33.2 Å². The van der Waals surface area contributed by atoms with Gasteiger partial charge in [0.05, 0.1) is 0 Å². The van der Waals surface area contributed by atoms with E-state index in [-0.39, 0.29) is 6.04 Å². The normalized spacial score (nSPS) is 28.9. The van der Waals surface area contributed by atoms with Gasteiger partial charge in [-0.15, -0.1) is 0 Å². The van der Waals surface area contributed by atoms with Gasteiger partial charge in [0.1, 0.15) is 0 Å². The summed E-state index contributed by atoms with van der Waals surface area (Å²) in [6, 6.07) is 0.148. The molecule has 2 N–H and O–H groups in total. The van der Waals surface area contributed by atoms with E-state index in [1.54, 1.807) is 0 Å². The van der Waals surface area contributed by atoms with Crippen molar-refractivity contribution in [3.8, 4) is 0 Å². The molecule has 2 rings (SSSR count). The molecule has 0 aromatic carbocycles. The van der Waals surface area contributed by atoms with Crippen LogP contribution in [0.2, 0.25) is 0 Å². The monoisotopic (exact) mass is 282 g/mol. The number of amides is 2. The van der Waals surface area contributed by atoms with Gasteiger partial charge in [0.2, 0.25) is 0 Å². The van der Waals surface area contributed by atoms with Crippen LogP contribution in [0.3, 0.4) is 0 Å². The van der Waals surface area contributed by atoms with Gasteiger partial charge in [-0.05, 0) is 25.8 Å². The third kappa shape index (κ3) is 4.18. The minimum Gasteiger partial charge on any atom is -0.345 e. The lowest BCUT2D eigenvalue weighted by Gasteiger charge is -2.33. The summed E-state index contributed by atoms with van der Waals surface area (Å²) in [6.45, 7) is 5.47. The van der Waals surface area contributed by atoms with Crippen molar-refractivity contribution in [2.45, 2.75) is 38.6 Å². The molecule has 0 bridgehead atoms. The van der Waals surface area contributed by atoms with Crippen LogP contribution in [-0.4, -0.2) is 61.0 Å². The van der Waals surface area contributed by atoms with Crippen LogP contribution >= 0.6 is 0 Å². The second-order valence-corrected chi connectivity index (χ2v) is 6.07. The second-order valence-electron chi connectivity index (χ2n) is 6.07. The Morgan fingerprint density at radius 2 is 1.65 bits per heavy atom. The van der Waals surface area contributed by atoms with Gasteiger partial charge in [-0.25, -0.2) is 5.01 Å². The first-order valence-electron chi connectivity index (χ1n) is 7.61. The Morgan fingerprint density at radius 3 is 2.30 bits per heavy atom. The van der Waals surface area contributed by atoms with Crippen molar-refractivity contribution >= 4 is 11.8 Å². The van der Waals surface area contributed by atoms with E-state index in [4.69, 9.17) is 0 Å². The van der Waals surface area contributed by atoms with E-state index in [1.807, 2.05) is 5.01 Å². The lowest BCUT2D eigenvalue weighted by molar-refractivity contribution is -0.143. The number of nitrogens with one attached hydrogen (secondary N) is 2. The third-order valence-electron chi connectivity index (χ3n) is 4.40. The first kappa shape index (κ1) is 15.3. The zero-order valence-electron chi connectivity index (χ0n) is 12.5. The topological polar surface area (TPSA) is 64.7 Å². The van der Waals surface area contributed by atoms with Gasteiger partial charge < -0.3 is 10.2 Å². The van der Waals surface area contributed by atoms with Gasteiger partial charge in [-0.1, -0.05) is 19.8 Å². The van der Waals surface area contributed by atoms with Crippen molar-refractivity contribution in [1.82, 2.24) is 20.7 Å². The van der Waals surface area contributed by atoms with E-state index < -0.39 is 11.8 Å². The lowest BCUT2D eigenvalue weighted by Crippen LogP contribution is -2.56. The Balaban J connectivity index is 1.75. The predicted octanol–water partition coefficient (Wildman–Crippen LogP) is -0.0401. The molecule has 0 aromatic heterocycles. The fourth-order valence-corrected chi connectivity index (χ4v) is 2.88. The lowest BCUT2D eigenvalue weighted by atomic mass is 9.86. The van der Waals surface area contributed by atoms with E-state index in [1.165, 1.54) is 6.42 Å². The standard InChI is InChI=1S/C14H26N4O2/c1-11-5-3-4-6-12(11)15-13(19)14(20)16-18-9-7-17(2)8-10-18/h11-12H,3-10H2,1-2H3,(H,15,19)(H,16,20). The first-order chi connectivity index (χ1) is 9.56. The van der Waals surface area contributed by atoms with Gasteiger partial charge in [-0.3, -0.25) is 15.0 Å². The third-order valence-corrected chi connectivity index (χ3v) is 4.40. The Labute approximate surface area is 120 Å². The number of rotatable bonds is 2. The molecule has 6 heteroatoms. The molecule has 2 amide bonds. The Hall–Kier alpha value is -1.14. The van der Waals surface area contributed by atoms with Crippen molar-refractivity contribution in [3.05, 3.63) is 0 Å². The van der Waals surface area contributed by atoms with Crippen LogP contribution in [-0.2, 0) is 9.59 Å². The molecule has 0 radical (unpaired) electrons. The summed E-state index contributed by atoms with van der Waals surface area (Å²) in [5.41, 5.74) is 2.70. The molecule has 2 atom stereocenters. The van der Waals surface area contributed by atoms with Gasteiger partial charge >= 0.3 is 11.8 Å². The van der Waals surface area contributed by atoms with E-state index in [9.17, 15) is 9.59 Å². The fourth-order valence-electron chi connectivity index (χ4n) is 2.88. The number of carbonyl (C=O) groups excluding carboxylic acids is 2. The summed E-state index contributed by atoms with van der Waals surface area (Å²) in [5, 5.41) is 4.70. The molecule has 20 heavy (non-hydrogen) atoms. The minimum absolute atomic E-state index is 0.148. The van der Waals surface area contributed by atoms with Crippen LogP contribution < -0.4 is 10.7 Å². The molecule has 2 unspecified atom stereocenters. The number of hydrazine groups is 1. The Morgan fingerprint density at radius 1 is 1.00 bits per heavy atom. The van der Waals surface area contributed by atoms with Gasteiger partial charge in [0, 0.05) is 32.2 Å². The van der Waals surface area contributed by atoms with Crippen LogP contribution in [0.4, 0.5) is 0 Å². The SMILES string of the molecule is CC1CCCCC1NC(=O)C(=O)NN1CCN(C)CC1. The number of hydrogen-bond donors (Lipinski definition) is 2. The number of nitrogens with zero attached hydrogens (tertiary/aromatic N) is 2. The maximum atomic E-state index is 11.9. The van der Waals surface area contributed by atoms with Gasteiger partial charge in [0.25, 0.3) is 0 Å². The highest BCUT2D eigenvalue weighted by atomic mass is 16.2. The van der Waals surface area contributed by atoms with Crippen molar-refractivity contribution < 1.29 is 9.59 Å². The zero-order valence-corrected chi connectivity index (χ0v) is 12.5. The Bertz CT molecular complexity index is 353. The van der Waals surface area contributed by atoms with E-state index >= 15 is 0 Å². The minimum atomic E-state index is -0.535. The number of piperazine rings is 1. The molecule has 2 aliphatic rings. The maximum absolute atomic E-state index is 11.9. The molecule has 114 valence electrons. The molecule has 2 fully saturated rings. The van der Waals surface area contributed by atoms with Crippen molar-refractivity contribution in [3.63, 3.8) is 0 Å². The van der Waals surface area contributed by atoms with Gasteiger partial charge in [0.15, 0.2) is 0 Å². The summed E-state index contributed by atoms with van der Waals surface area (Å²) in [6.07, 6.45) is 4.47.